The van der Waals surface area contributed by atoms with Gasteiger partial charge < -0.3 is 20.1 Å². The number of para-hydroxylation sites is 1. The molecule has 1 aromatic carbocycles. The van der Waals surface area contributed by atoms with E-state index in [0.717, 1.165) is 13.1 Å². The molecule has 2 N–H and O–H groups in total. The van der Waals surface area contributed by atoms with Gasteiger partial charge in [-0.2, -0.15) is 0 Å². The predicted octanol–water partition coefficient (Wildman–Crippen LogP) is 1.86. The van der Waals surface area contributed by atoms with Gasteiger partial charge in [0.05, 0.1) is 12.2 Å². The van der Waals surface area contributed by atoms with E-state index in [4.69, 9.17) is 9.47 Å². The highest BCUT2D eigenvalue weighted by atomic mass is 35.5. The van der Waals surface area contributed by atoms with E-state index >= 15 is 0 Å². The van der Waals surface area contributed by atoms with E-state index in [2.05, 4.69) is 10.6 Å². The summed E-state index contributed by atoms with van der Waals surface area (Å²) in [6.45, 7) is 7.84. The highest BCUT2D eigenvalue weighted by Crippen LogP contribution is 2.17. The molecule has 0 aromatic heterocycles. The van der Waals surface area contributed by atoms with Crippen molar-refractivity contribution >= 4 is 18.3 Å². The van der Waals surface area contributed by atoms with Crippen LogP contribution in [0.15, 0.2) is 24.3 Å². The smallest absolute Gasteiger partial charge is 0.255 e. The molecule has 1 rings (SSSR count). The maximum Gasteiger partial charge on any atom is 0.255 e. The van der Waals surface area contributed by atoms with Crippen LogP contribution in [0.3, 0.4) is 0 Å². The quantitative estimate of drug-likeness (QED) is 0.647. The third kappa shape index (κ3) is 7.90. The number of halogens is 1. The second-order valence-corrected chi connectivity index (χ2v) is 4.15. The van der Waals surface area contributed by atoms with E-state index in [1.165, 1.54) is 0 Å². The van der Waals surface area contributed by atoms with Gasteiger partial charge in [-0.1, -0.05) is 19.1 Å². The largest absolute Gasteiger partial charge is 0.490 e. The Bertz CT molecular complexity index is 402. The third-order valence-corrected chi connectivity index (χ3v) is 2.66. The molecule has 120 valence electrons. The van der Waals surface area contributed by atoms with Crippen molar-refractivity contribution in [2.75, 3.05) is 39.5 Å². The van der Waals surface area contributed by atoms with E-state index < -0.39 is 0 Å². The Morgan fingerprint density at radius 2 is 1.90 bits per heavy atom. The molecule has 0 unspecified atom stereocenters. The molecule has 0 heterocycles. The normalized spacial score (nSPS) is 9.81. The number of carbonyl (C=O) groups is 1. The second kappa shape index (κ2) is 12.4. The van der Waals surface area contributed by atoms with Crippen molar-refractivity contribution in [1.29, 1.82) is 0 Å². The average molecular weight is 317 g/mol. The summed E-state index contributed by atoms with van der Waals surface area (Å²) >= 11 is 0. The van der Waals surface area contributed by atoms with Crippen LogP contribution in [0, 0.1) is 0 Å². The molecule has 0 aliphatic heterocycles. The first kappa shape index (κ1) is 19.7. The molecule has 0 radical (unpaired) electrons. The number of rotatable bonds is 10. The molecule has 0 spiro atoms. The van der Waals surface area contributed by atoms with Gasteiger partial charge in [0, 0.05) is 19.7 Å². The van der Waals surface area contributed by atoms with Crippen molar-refractivity contribution in [3.05, 3.63) is 29.8 Å². The van der Waals surface area contributed by atoms with Gasteiger partial charge in [0.1, 0.15) is 12.4 Å². The Labute approximate surface area is 132 Å². The fraction of sp³-hybridized carbons (Fsp3) is 0.533. The van der Waals surface area contributed by atoms with Gasteiger partial charge in [-0.05, 0) is 25.6 Å². The Hall–Kier alpha value is -1.30. The number of hydrogen-bond acceptors (Lipinski definition) is 4. The maximum absolute atomic E-state index is 12.1. The molecule has 0 saturated heterocycles. The number of nitrogens with one attached hydrogen (secondary N) is 2. The van der Waals surface area contributed by atoms with Crippen LogP contribution in [0.4, 0.5) is 0 Å². The van der Waals surface area contributed by atoms with Crippen molar-refractivity contribution in [1.82, 2.24) is 10.6 Å². The van der Waals surface area contributed by atoms with Crippen LogP contribution < -0.4 is 15.4 Å². The third-order valence-electron chi connectivity index (χ3n) is 2.66. The van der Waals surface area contributed by atoms with Crippen molar-refractivity contribution in [3.63, 3.8) is 0 Å². The fourth-order valence-corrected chi connectivity index (χ4v) is 1.67. The molecular formula is C15H25ClN2O3. The molecule has 0 aliphatic carbocycles. The molecule has 0 aliphatic rings. The number of likely N-dealkylation sites (N-methyl/N-ethyl adjacent to an activating group) is 1. The van der Waals surface area contributed by atoms with E-state index in [1.54, 1.807) is 12.1 Å². The van der Waals surface area contributed by atoms with Gasteiger partial charge in [0.25, 0.3) is 5.91 Å². The SMILES string of the molecule is CCNCCNC(=O)c1ccccc1OCCOCC.Cl. The molecule has 21 heavy (non-hydrogen) atoms. The van der Waals surface area contributed by atoms with Crippen LogP contribution in [0.1, 0.15) is 24.2 Å². The summed E-state index contributed by atoms with van der Waals surface area (Å²) in [5.74, 6) is 0.475. The standard InChI is InChI=1S/C15H24N2O3.ClH/c1-3-16-9-10-17-15(18)13-7-5-6-8-14(13)20-12-11-19-4-2;/h5-8,16H,3-4,9-12H2,1-2H3,(H,17,18);1H. The fourth-order valence-electron chi connectivity index (χ4n) is 1.67. The first-order valence-electron chi connectivity index (χ1n) is 7.08. The topological polar surface area (TPSA) is 59.6 Å². The molecule has 6 heteroatoms. The molecule has 5 nitrogen and oxygen atoms in total. The minimum Gasteiger partial charge on any atom is -0.490 e. The Morgan fingerprint density at radius 1 is 1.14 bits per heavy atom. The van der Waals surface area contributed by atoms with Crippen molar-refractivity contribution in [2.24, 2.45) is 0 Å². The zero-order valence-electron chi connectivity index (χ0n) is 12.7. The number of hydrogen-bond donors (Lipinski definition) is 2. The average Bonchev–Trinajstić information content (AvgIpc) is 2.48. The van der Waals surface area contributed by atoms with Crippen LogP contribution >= 0.6 is 12.4 Å². The van der Waals surface area contributed by atoms with Crippen LogP contribution in [-0.2, 0) is 4.74 Å². The van der Waals surface area contributed by atoms with E-state index in [1.807, 2.05) is 26.0 Å². The predicted molar refractivity (Wildman–Crippen MR) is 86.6 cm³/mol. The van der Waals surface area contributed by atoms with Crippen LogP contribution in [0.2, 0.25) is 0 Å². The summed E-state index contributed by atoms with van der Waals surface area (Å²) in [6, 6.07) is 7.24. The second-order valence-electron chi connectivity index (χ2n) is 4.15. The van der Waals surface area contributed by atoms with Gasteiger partial charge in [-0.3, -0.25) is 4.79 Å². The van der Waals surface area contributed by atoms with Crippen molar-refractivity contribution < 1.29 is 14.3 Å². The molecule has 1 aromatic rings. The summed E-state index contributed by atoms with van der Waals surface area (Å²) < 4.78 is 10.8. The van der Waals surface area contributed by atoms with E-state index in [0.29, 0.717) is 37.7 Å². The highest BCUT2D eigenvalue weighted by molar-refractivity contribution is 5.96. The lowest BCUT2D eigenvalue weighted by molar-refractivity contribution is 0.0937. The van der Waals surface area contributed by atoms with E-state index in [9.17, 15) is 4.79 Å². The Balaban J connectivity index is 0.00000400. The van der Waals surface area contributed by atoms with Crippen LogP contribution in [-0.4, -0.2) is 45.4 Å². The van der Waals surface area contributed by atoms with Gasteiger partial charge in [0.2, 0.25) is 0 Å². The molecule has 0 saturated carbocycles. The minimum absolute atomic E-state index is 0. The Kier molecular flexibility index (Phi) is 11.7. The molecule has 1 amide bonds. The molecular weight excluding hydrogens is 292 g/mol. The van der Waals surface area contributed by atoms with Crippen LogP contribution in [0.25, 0.3) is 0 Å². The molecule has 0 bridgehead atoms. The Morgan fingerprint density at radius 3 is 2.62 bits per heavy atom. The first-order valence-corrected chi connectivity index (χ1v) is 7.08. The van der Waals surface area contributed by atoms with Gasteiger partial charge >= 0.3 is 0 Å². The summed E-state index contributed by atoms with van der Waals surface area (Å²) in [6.07, 6.45) is 0. The van der Waals surface area contributed by atoms with Gasteiger partial charge in [-0.15, -0.1) is 12.4 Å². The zero-order valence-corrected chi connectivity index (χ0v) is 13.5. The van der Waals surface area contributed by atoms with Crippen LogP contribution in [0.5, 0.6) is 5.75 Å². The summed E-state index contributed by atoms with van der Waals surface area (Å²) in [4.78, 5) is 12.1. The highest BCUT2D eigenvalue weighted by Gasteiger charge is 2.11. The molecule has 0 fully saturated rings. The van der Waals surface area contributed by atoms with E-state index in [-0.39, 0.29) is 18.3 Å². The lowest BCUT2D eigenvalue weighted by atomic mass is 10.2. The summed E-state index contributed by atoms with van der Waals surface area (Å²) in [5, 5.41) is 6.02. The summed E-state index contributed by atoms with van der Waals surface area (Å²) in [7, 11) is 0. The summed E-state index contributed by atoms with van der Waals surface area (Å²) in [5.41, 5.74) is 0.556. The first-order chi connectivity index (χ1) is 9.79. The number of benzene rings is 1. The van der Waals surface area contributed by atoms with Crippen molar-refractivity contribution in [2.45, 2.75) is 13.8 Å². The number of amides is 1. The van der Waals surface area contributed by atoms with Gasteiger partial charge in [0.15, 0.2) is 0 Å². The van der Waals surface area contributed by atoms with Crippen molar-refractivity contribution in [3.8, 4) is 5.75 Å². The number of carbonyl (C=O) groups excluding carboxylic acids is 1. The molecule has 0 atom stereocenters. The number of ether oxygens (including phenoxy) is 2. The lowest BCUT2D eigenvalue weighted by Crippen LogP contribution is -2.32. The monoisotopic (exact) mass is 316 g/mol. The minimum atomic E-state index is -0.116. The van der Waals surface area contributed by atoms with Gasteiger partial charge in [-0.25, -0.2) is 0 Å². The maximum atomic E-state index is 12.1. The lowest BCUT2D eigenvalue weighted by Gasteiger charge is -2.11. The zero-order chi connectivity index (χ0) is 14.6.